The average molecular weight is 259 g/mol. The van der Waals surface area contributed by atoms with Crippen molar-refractivity contribution in [3.63, 3.8) is 0 Å². The van der Waals surface area contributed by atoms with Gasteiger partial charge in [-0.25, -0.2) is 0 Å². The summed E-state index contributed by atoms with van der Waals surface area (Å²) in [6.07, 6.45) is 6.73. The molecule has 0 radical (unpaired) electrons. The Kier molecular flexibility index (Phi) is 4.67. The molecule has 2 rings (SSSR count). The fourth-order valence-corrected chi connectivity index (χ4v) is 3.68. The molecule has 1 aliphatic rings. The highest BCUT2D eigenvalue weighted by Crippen LogP contribution is 2.38. The minimum atomic E-state index is 0.0710. The number of benzene rings is 1. The van der Waals surface area contributed by atoms with Gasteiger partial charge in [0.25, 0.3) is 0 Å². The van der Waals surface area contributed by atoms with Gasteiger partial charge >= 0.3 is 0 Å². The molecule has 0 spiro atoms. The van der Waals surface area contributed by atoms with Crippen molar-refractivity contribution in [2.75, 3.05) is 0 Å². The van der Waals surface area contributed by atoms with Gasteiger partial charge in [-0.3, -0.25) is 0 Å². The second-order valence-electron chi connectivity index (χ2n) is 6.81. The Morgan fingerprint density at radius 3 is 2.53 bits per heavy atom. The van der Waals surface area contributed by atoms with E-state index in [1.165, 1.54) is 37.7 Å². The third-order valence-corrected chi connectivity index (χ3v) is 5.26. The second kappa shape index (κ2) is 6.09. The van der Waals surface area contributed by atoms with Gasteiger partial charge in [-0.1, -0.05) is 70.4 Å². The number of hydrogen-bond acceptors (Lipinski definition) is 1. The van der Waals surface area contributed by atoms with Crippen molar-refractivity contribution in [3.8, 4) is 0 Å². The SMILES string of the molecule is CCC1CCCC(C(N)C(C)(C)c2ccccc2)C1. The Hall–Kier alpha value is -0.820. The van der Waals surface area contributed by atoms with Gasteiger partial charge in [0.15, 0.2) is 0 Å². The van der Waals surface area contributed by atoms with Gasteiger partial charge < -0.3 is 5.73 Å². The Balaban J connectivity index is 2.11. The van der Waals surface area contributed by atoms with Crippen molar-refractivity contribution in [2.45, 2.75) is 64.3 Å². The van der Waals surface area contributed by atoms with Crippen LogP contribution in [0.1, 0.15) is 58.4 Å². The first-order valence-electron chi connectivity index (χ1n) is 7.86. The van der Waals surface area contributed by atoms with E-state index in [2.05, 4.69) is 51.1 Å². The largest absolute Gasteiger partial charge is 0.327 e. The molecule has 0 amide bonds. The van der Waals surface area contributed by atoms with E-state index in [4.69, 9.17) is 5.73 Å². The quantitative estimate of drug-likeness (QED) is 0.846. The second-order valence-corrected chi connectivity index (χ2v) is 6.81. The minimum Gasteiger partial charge on any atom is -0.327 e. The highest BCUT2D eigenvalue weighted by Gasteiger charge is 2.36. The van der Waals surface area contributed by atoms with Crippen molar-refractivity contribution >= 4 is 0 Å². The third-order valence-electron chi connectivity index (χ3n) is 5.26. The Bertz CT molecular complexity index is 382. The van der Waals surface area contributed by atoms with E-state index in [1.54, 1.807) is 0 Å². The van der Waals surface area contributed by atoms with Crippen LogP contribution in [0.25, 0.3) is 0 Å². The van der Waals surface area contributed by atoms with Gasteiger partial charge in [0.05, 0.1) is 0 Å². The molecule has 3 atom stereocenters. The molecule has 3 unspecified atom stereocenters. The van der Waals surface area contributed by atoms with E-state index in [1.807, 2.05) is 0 Å². The molecule has 106 valence electrons. The molecular formula is C18H29N. The van der Waals surface area contributed by atoms with Gasteiger partial charge in [-0.05, 0) is 30.2 Å². The van der Waals surface area contributed by atoms with Crippen LogP contribution in [0.5, 0.6) is 0 Å². The molecular weight excluding hydrogens is 230 g/mol. The first-order chi connectivity index (χ1) is 9.05. The van der Waals surface area contributed by atoms with Crippen LogP contribution in [0.2, 0.25) is 0 Å². The Morgan fingerprint density at radius 1 is 1.21 bits per heavy atom. The molecule has 1 heteroatoms. The van der Waals surface area contributed by atoms with Gasteiger partial charge in [0.1, 0.15) is 0 Å². The highest BCUT2D eigenvalue weighted by molar-refractivity contribution is 5.26. The van der Waals surface area contributed by atoms with Crippen molar-refractivity contribution in [3.05, 3.63) is 35.9 Å². The zero-order chi connectivity index (χ0) is 13.9. The summed E-state index contributed by atoms with van der Waals surface area (Å²) in [5, 5.41) is 0. The molecule has 1 nitrogen and oxygen atoms in total. The fourth-order valence-electron chi connectivity index (χ4n) is 3.68. The van der Waals surface area contributed by atoms with Crippen LogP contribution < -0.4 is 5.73 Å². The standard InChI is InChI=1S/C18H29N/c1-4-14-9-8-10-15(13-14)17(19)18(2,3)16-11-6-5-7-12-16/h5-7,11-12,14-15,17H,4,8-10,13,19H2,1-3H3. The summed E-state index contributed by atoms with van der Waals surface area (Å²) in [5.74, 6) is 1.59. The lowest BCUT2D eigenvalue weighted by Crippen LogP contribution is -2.47. The maximum Gasteiger partial charge on any atom is 0.0160 e. The Labute approximate surface area is 118 Å². The first kappa shape index (κ1) is 14.6. The lowest BCUT2D eigenvalue weighted by Gasteiger charge is -2.41. The molecule has 1 aliphatic carbocycles. The van der Waals surface area contributed by atoms with E-state index < -0.39 is 0 Å². The highest BCUT2D eigenvalue weighted by atomic mass is 14.7. The van der Waals surface area contributed by atoms with Crippen LogP contribution in [0, 0.1) is 11.8 Å². The summed E-state index contributed by atoms with van der Waals surface area (Å²) < 4.78 is 0. The summed E-state index contributed by atoms with van der Waals surface area (Å²) in [4.78, 5) is 0. The fraction of sp³-hybridized carbons (Fsp3) is 0.667. The summed E-state index contributed by atoms with van der Waals surface area (Å²) >= 11 is 0. The van der Waals surface area contributed by atoms with Gasteiger partial charge in [0.2, 0.25) is 0 Å². The van der Waals surface area contributed by atoms with Crippen molar-refractivity contribution in [1.29, 1.82) is 0 Å². The molecule has 1 fully saturated rings. The summed E-state index contributed by atoms with van der Waals surface area (Å²) in [7, 11) is 0. The van der Waals surface area contributed by atoms with Gasteiger partial charge in [-0.2, -0.15) is 0 Å². The van der Waals surface area contributed by atoms with E-state index >= 15 is 0 Å². The smallest absolute Gasteiger partial charge is 0.0160 e. The summed E-state index contributed by atoms with van der Waals surface area (Å²) in [5.41, 5.74) is 8.12. The van der Waals surface area contributed by atoms with Crippen LogP contribution in [-0.2, 0) is 5.41 Å². The zero-order valence-corrected chi connectivity index (χ0v) is 12.7. The first-order valence-corrected chi connectivity index (χ1v) is 7.86. The lowest BCUT2D eigenvalue weighted by molar-refractivity contribution is 0.187. The van der Waals surface area contributed by atoms with E-state index in [9.17, 15) is 0 Å². The van der Waals surface area contributed by atoms with E-state index in [0.29, 0.717) is 5.92 Å². The molecule has 1 aromatic rings. The molecule has 0 aliphatic heterocycles. The zero-order valence-electron chi connectivity index (χ0n) is 12.7. The predicted molar refractivity (Wildman–Crippen MR) is 83.2 cm³/mol. The number of nitrogens with two attached hydrogens (primary N) is 1. The van der Waals surface area contributed by atoms with Gasteiger partial charge in [0, 0.05) is 11.5 Å². The van der Waals surface area contributed by atoms with Crippen LogP contribution in [0.3, 0.4) is 0 Å². The molecule has 0 heterocycles. The van der Waals surface area contributed by atoms with Crippen LogP contribution >= 0.6 is 0 Å². The molecule has 2 N–H and O–H groups in total. The topological polar surface area (TPSA) is 26.0 Å². The van der Waals surface area contributed by atoms with Crippen LogP contribution in [0.15, 0.2) is 30.3 Å². The summed E-state index contributed by atoms with van der Waals surface area (Å²) in [6, 6.07) is 11.0. The Morgan fingerprint density at radius 2 is 1.89 bits per heavy atom. The molecule has 1 saturated carbocycles. The maximum atomic E-state index is 6.68. The normalized spacial score (nSPS) is 26.1. The van der Waals surface area contributed by atoms with Crippen LogP contribution in [-0.4, -0.2) is 6.04 Å². The molecule has 0 bridgehead atoms. The predicted octanol–water partition coefficient (Wildman–Crippen LogP) is 4.51. The van der Waals surface area contributed by atoms with Crippen LogP contribution in [0.4, 0.5) is 0 Å². The third kappa shape index (κ3) is 3.20. The number of rotatable bonds is 4. The summed E-state index contributed by atoms with van der Waals surface area (Å²) in [6.45, 7) is 6.94. The van der Waals surface area contributed by atoms with E-state index in [-0.39, 0.29) is 11.5 Å². The molecule has 19 heavy (non-hydrogen) atoms. The average Bonchev–Trinajstić information content (AvgIpc) is 2.47. The van der Waals surface area contributed by atoms with Crippen molar-refractivity contribution in [1.82, 2.24) is 0 Å². The molecule has 0 saturated heterocycles. The van der Waals surface area contributed by atoms with Crippen molar-refractivity contribution < 1.29 is 0 Å². The van der Waals surface area contributed by atoms with E-state index in [0.717, 1.165) is 5.92 Å². The monoisotopic (exact) mass is 259 g/mol. The maximum absolute atomic E-state index is 6.68. The van der Waals surface area contributed by atoms with Gasteiger partial charge in [-0.15, -0.1) is 0 Å². The van der Waals surface area contributed by atoms with Crippen molar-refractivity contribution in [2.24, 2.45) is 17.6 Å². The minimum absolute atomic E-state index is 0.0710. The number of hydrogen-bond donors (Lipinski definition) is 1. The molecule has 1 aromatic carbocycles. The molecule has 0 aromatic heterocycles. The lowest BCUT2D eigenvalue weighted by atomic mass is 9.67.